The summed E-state index contributed by atoms with van der Waals surface area (Å²) in [5, 5.41) is 2.76. The molecule has 0 saturated carbocycles. The molecule has 0 unspecified atom stereocenters. The number of aryl methyl sites for hydroxylation is 2. The molecule has 0 saturated heterocycles. The lowest BCUT2D eigenvalue weighted by molar-refractivity contribution is 0.914. The lowest BCUT2D eigenvalue weighted by Gasteiger charge is -2.10. The van der Waals surface area contributed by atoms with Crippen molar-refractivity contribution in [3.63, 3.8) is 0 Å². The van der Waals surface area contributed by atoms with Crippen LogP contribution in [0.15, 0.2) is 48.5 Å². The van der Waals surface area contributed by atoms with E-state index in [1.807, 2.05) is 11.8 Å². The lowest BCUT2D eigenvalue weighted by atomic mass is 9.93. The molecule has 3 heteroatoms. The number of nitrogens with zero attached hydrogens (tertiary/aromatic N) is 2. The van der Waals surface area contributed by atoms with Gasteiger partial charge in [0.15, 0.2) is 0 Å². The summed E-state index contributed by atoms with van der Waals surface area (Å²) in [6, 6.07) is 17.6. The maximum Gasteiger partial charge on any atom is 0.0486 e. The topological polar surface area (TPSA) is 9.86 Å². The van der Waals surface area contributed by atoms with Crippen molar-refractivity contribution in [2.24, 2.45) is 14.1 Å². The molecule has 1 aliphatic heterocycles. The van der Waals surface area contributed by atoms with Crippen molar-refractivity contribution in [2.75, 3.05) is 11.5 Å². The zero-order chi connectivity index (χ0) is 18.7. The highest BCUT2D eigenvalue weighted by Crippen LogP contribution is 2.45. The largest absolute Gasteiger partial charge is 0.347 e. The van der Waals surface area contributed by atoms with Crippen LogP contribution in [0.5, 0.6) is 0 Å². The average molecular weight is 373 g/mol. The fraction of sp³-hybridized carbons (Fsp3) is 0.250. The number of para-hydroxylation sites is 2. The molecule has 0 radical (unpaired) electrons. The maximum atomic E-state index is 2.34. The molecule has 0 N–H and O–H groups in total. The number of fused-ring (bicyclic) bond motifs is 2. The number of benzene rings is 2. The summed E-state index contributed by atoms with van der Waals surface area (Å²) in [6.45, 7) is 4.53. The number of thioether (sulfide) groups is 1. The Morgan fingerprint density at radius 1 is 0.667 bits per heavy atom. The maximum absolute atomic E-state index is 2.34. The van der Waals surface area contributed by atoms with Gasteiger partial charge in [-0.1, -0.05) is 36.4 Å². The molecule has 0 bridgehead atoms. The van der Waals surface area contributed by atoms with E-state index in [1.165, 1.54) is 55.5 Å². The first kappa shape index (κ1) is 16.8. The van der Waals surface area contributed by atoms with Crippen molar-refractivity contribution in [1.82, 2.24) is 9.13 Å². The zero-order valence-electron chi connectivity index (χ0n) is 16.3. The standard InChI is InChI=1S/C24H24N2S/c1-15-23(17-9-5-7-11-21(17)25(15)3)19-13-27-14-20(19)24-16(2)26(4)22-12-8-6-10-18(22)24/h5-12H,13-14H2,1-4H3. The van der Waals surface area contributed by atoms with Crippen LogP contribution in [0.3, 0.4) is 0 Å². The second-order valence-electron chi connectivity index (χ2n) is 7.52. The van der Waals surface area contributed by atoms with E-state index in [0.717, 1.165) is 11.5 Å². The van der Waals surface area contributed by atoms with E-state index in [2.05, 4.69) is 85.6 Å². The molecule has 0 spiro atoms. The van der Waals surface area contributed by atoms with Gasteiger partial charge in [-0.15, -0.1) is 0 Å². The number of hydrogen-bond acceptors (Lipinski definition) is 1. The average Bonchev–Trinajstić information content (AvgIpc) is 3.32. The van der Waals surface area contributed by atoms with Crippen molar-refractivity contribution in [2.45, 2.75) is 13.8 Å². The Balaban J connectivity index is 1.86. The van der Waals surface area contributed by atoms with Crippen LogP contribution in [-0.4, -0.2) is 20.6 Å². The van der Waals surface area contributed by atoms with E-state index in [9.17, 15) is 0 Å². The predicted molar refractivity (Wildman–Crippen MR) is 119 cm³/mol. The molecule has 0 amide bonds. The van der Waals surface area contributed by atoms with Gasteiger partial charge in [0.05, 0.1) is 0 Å². The predicted octanol–water partition coefficient (Wildman–Crippen LogP) is 5.94. The van der Waals surface area contributed by atoms with Crippen LogP contribution in [0.1, 0.15) is 22.5 Å². The van der Waals surface area contributed by atoms with Crippen LogP contribution in [0.2, 0.25) is 0 Å². The van der Waals surface area contributed by atoms with Gasteiger partial charge in [0, 0.05) is 69.9 Å². The van der Waals surface area contributed by atoms with Crippen molar-refractivity contribution >= 4 is 44.7 Å². The van der Waals surface area contributed by atoms with Crippen LogP contribution in [0, 0.1) is 13.8 Å². The number of rotatable bonds is 2. The molecule has 2 aromatic carbocycles. The molecule has 0 atom stereocenters. The van der Waals surface area contributed by atoms with Gasteiger partial charge in [0.1, 0.15) is 0 Å². The van der Waals surface area contributed by atoms with E-state index in [4.69, 9.17) is 0 Å². The Morgan fingerprint density at radius 3 is 1.52 bits per heavy atom. The second-order valence-corrected chi connectivity index (χ2v) is 8.51. The summed E-state index contributed by atoms with van der Waals surface area (Å²) in [5.74, 6) is 2.18. The third-order valence-corrected chi connectivity index (χ3v) is 7.25. The first-order chi connectivity index (χ1) is 13.1. The highest BCUT2D eigenvalue weighted by molar-refractivity contribution is 8.00. The summed E-state index contributed by atoms with van der Waals surface area (Å²) in [7, 11) is 4.37. The molecular weight excluding hydrogens is 348 g/mol. The Hall–Kier alpha value is -2.39. The molecule has 2 nitrogen and oxygen atoms in total. The van der Waals surface area contributed by atoms with E-state index < -0.39 is 0 Å². The number of hydrogen-bond donors (Lipinski definition) is 0. The fourth-order valence-electron chi connectivity index (χ4n) is 4.68. The van der Waals surface area contributed by atoms with Crippen molar-refractivity contribution in [3.05, 3.63) is 71.0 Å². The molecule has 0 fully saturated rings. The second kappa shape index (κ2) is 6.07. The Kier molecular flexibility index (Phi) is 3.76. The quantitative estimate of drug-likeness (QED) is 0.423. The molecule has 4 aromatic rings. The van der Waals surface area contributed by atoms with E-state index >= 15 is 0 Å². The van der Waals surface area contributed by atoms with Crippen LogP contribution < -0.4 is 0 Å². The Labute approximate surface area is 164 Å². The number of aromatic nitrogens is 2. The van der Waals surface area contributed by atoms with Gasteiger partial charge < -0.3 is 9.13 Å². The molecule has 5 rings (SSSR count). The van der Waals surface area contributed by atoms with Gasteiger partial charge in [-0.3, -0.25) is 0 Å². The van der Waals surface area contributed by atoms with E-state index in [1.54, 1.807) is 0 Å². The molecule has 27 heavy (non-hydrogen) atoms. The molecule has 0 aliphatic carbocycles. The fourth-order valence-corrected chi connectivity index (χ4v) is 5.83. The minimum Gasteiger partial charge on any atom is -0.347 e. The van der Waals surface area contributed by atoms with E-state index in [0.29, 0.717) is 0 Å². The monoisotopic (exact) mass is 372 g/mol. The van der Waals surface area contributed by atoms with Gasteiger partial charge in [-0.25, -0.2) is 0 Å². The summed E-state index contributed by atoms with van der Waals surface area (Å²) >= 11 is 2.04. The zero-order valence-corrected chi connectivity index (χ0v) is 17.2. The summed E-state index contributed by atoms with van der Waals surface area (Å²) in [5.41, 5.74) is 11.3. The van der Waals surface area contributed by atoms with Crippen LogP contribution >= 0.6 is 11.8 Å². The minimum absolute atomic E-state index is 1.09. The Bertz CT molecular complexity index is 1140. The van der Waals surface area contributed by atoms with Gasteiger partial charge >= 0.3 is 0 Å². The summed E-state index contributed by atoms with van der Waals surface area (Å²) in [6.07, 6.45) is 0. The minimum atomic E-state index is 1.09. The molecular formula is C24H24N2S. The third-order valence-electron chi connectivity index (χ3n) is 6.26. The molecule has 2 aromatic heterocycles. The molecule has 1 aliphatic rings. The first-order valence-electron chi connectivity index (χ1n) is 9.48. The molecule has 136 valence electrons. The van der Waals surface area contributed by atoms with Crippen molar-refractivity contribution < 1.29 is 0 Å². The van der Waals surface area contributed by atoms with Crippen molar-refractivity contribution in [3.8, 4) is 0 Å². The van der Waals surface area contributed by atoms with Gasteiger partial charge in [0.2, 0.25) is 0 Å². The summed E-state index contributed by atoms with van der Waals surface area (Å²) in [4.78, 5) is 0. The van der Waals surface area contributed by atoms with Gasteiger partial charge in [0.25, 0.3) is 0 Å². The van der Waals surface area contributed by atoms with Crippen LogP contribution in [0.4, 0.5) is 0 Å². The smallest absolute Gasteiger partial charge is 0.0486 e. The Morgan fingerprint density at radius 2 is 1.07 bits per heavy atom. The van der Waals surface area contributed by atoms with Crippen LogP contribution in [-0.2, 0) is 14.1 Å². The first-order valence-corrected chi connectivity index (χ1v) is 10.6. The highest BCUT2D eigenvalue weighted by Gasteiger charge is 2.26. The van der Waals surface area contributed by atoms with Crippen LogP contribution in [0.25, 0.3) is 33.0 Å². The van der Waals surface area contributed by atoms with Gasteiger partial charge in [-0.2, -0.15) is 11.8 Å². The van der Waals surface area contributed by atoms with E-state index in [-0.39, 0.29) is 0 Å². The molecule has 3 heterocycles. The van der Waals surface area contributed by atoms with Crippen molar-refractivity contribution in [1.29, 1.82) is 0 Å². The normalized spacial score (nSPS) is 14.8. The SMILES string of the molecule is Cc1c(C2=C(c3c(C)n(C)c4ccccc34)CSC2)c2ccccc2n1C. The lowest BCUT2D eigenvalue weighted by Crippen LogP contribution is -1.96. The third kappa shape index (κ3) is 2.28. The highest BCUT2D eigenvalue weighted by atomic mass is 32.2. The van der Waals surface area contributed by atoms with Gasteiger partial charge in [-0.05, 0) is 37.1 Å². The summed E-state index contributed by atoms with van der Waals surface area (Å²) < 4.78 is 4.68.